The van der Waals surface area contributed by atoms with E-state index in [0.29, 0.717) is 5.92 Å². The SMILES string of the molecule is COC(C)(C)CC=CC(C)=CC=CC(C)=CC=CC(C)=CC=CC=CC(C)C=CC=C(C)CCC=C(C)CC=C(C)C. The minimum atomic E-state index is -0.118. The fraction of sp³-hybridized carbons (Fsp3) is 0.415. The van der Waals surface area contributed by atoms with Crippen molar-refractivity contribution in [3.63, 3.8) is 0 Å². The molecular weight excluding hydrogens is 508 g/mol. The van der Waals surface area contributed by atoms with E-state index in [1.165, 1.54) is 33.4 Å². The van der Waals surface area contributed by atoms with Crippen molar-refractivity contribution in [3.05, 3.63) is 143 Å². The molecule has 0 spiro atoms. The molecule has 1 atom stereocenters. The number of hydrogen-bond acceptors (Lipinski definition) is 1. The number of rotatable bonds is 18. The first-order valence-electron chi connectivity index (χ1n) is 15.4. The Hall–Kier alpha value is -3.16. The highest BCUT2D eigenvalue weighted by Crippen LogP contribution is 2.14. The second kappa shape index (κ2) is 23.4. The van der Waals surface area contributed by atoms with Gasteiger partial charge in [-0.2, -0.15) is 0 Å². The lowest BCUT2D eigenvalue weighted by Gasteiger charge is -2.20. The first-order valence-corrected chi connectivity index (χ1v) is 15.4. The highest BCUT2D eigenvalue weighted by molar-refractivity contribution is 5.31. The molecule has 0 aliphatic rings. The Labute approximate surface area is 260 Å². The van der Waals surface area contributed by atoms with Crippen molar-refractivity contribution in [2.45, 2.75) is 101 Å². The summed E-state index contributed by atoms with van der Waals surface area (Å²) in [5.41, 5.74) is 7.78. The monoisotopic (exact) mass is 568 g/mol. The Morgan fingerprint density at radius 3 is 1.81 bits per heavy atom. The van der Waals surface area contributed by atoms with E-state index in [9.17, 15) is 0 Å². The molecule has 1 unspecified atom stereocenters. The average Bonchev–Trinajstić information content (AvgIpc) is 2.91. The summed E-state index contributed by atoms with van der Waals surface area (Å²) in [5.74, 6) is 0.397. The van der Waals surface area contributed by atoms with Gasteiger partial charge in [-0.15, -0.1) is 0 Å². The minimum absolute atomic E-state index is 0.118. The van der Waals surface area contributed by atoms with Crippen molar-refractivity contribution in [3.8, 4) is 0 Å². The summed E-state index contributed by atoms with van der Waals surface area (Å²) >= 11 is 0. The van der Waals surface area contributed by atoms with Gasteiger partial charge in [-0.1, -0.05) is 150 Å². The molecule has 0 radical (unpaired) electrons. The third-order valence-electron chi connectivity index (χ3n) is 6.63. The zero-order valence-corrected chi connectivity index (χ0v) is 28.7. The summed E-state index contributed by atoms with van der Waals surface area (Å²) in [4.78, 5) is 0. The van der Waals surface area contributed by atoms with Crippen LogP contribution in [0.2, 0.25) is 0 Å². The summed E-state index contributed by atoms with van der Waals surface area (Å²) < 4.78 is 5.45. The quantitative estimate of drug-likeness (QED) is 0.118. The predicted octanol–water partition coefficient (Wildman–Crippen LogP) is 12.6. The van der Waals surface area contributed by atoms with Gasteiger partial charge in [0, 0.05) is 7.11 Å². The molecule has 0 aliphatic heterocycles. The Balaban J connectivity index is 4.60. The molecule has 0 aromatic rings. The van der Waals surface area contributed by atoms with E-state index in [2.05, 4.69) is 179 Å². The number of ether oxygens (including phenoxy) is 1. The standard InChI is InChI=1S/C41H60O/c1-34(2)31-32-40(8)29-18-27-38(6)25-16-23-36(4)21-14-12-13-20-35(3)22-15-24-37(5)26-17-28-39(7)30-19-33-41(9,10)42-11/h12-17,19-26,28-31,36H,18,27,32-33H2,1-11H3. The molecule has 1 heteroatoms. The highest BCUT2D eigenvalue weighted by Gasteiger charge is 2.12. The highest BCUT2D eigenvalue weighted by atomic mass is 16.5. The Bertz CT molecular complexity index is 1140. The minimum Gasteiger partial charge on any atom is -0.378 e. The van der Waals surface area contributed by atoms with Crippen LogP contribution in [0.5, 0.6) is 0 Å². The molecule has 0 aromatic heterocycles. The van der Waals surface area contributed by atoms with Crippen LogP contribution in [0.3, 0.4) is 0 Å². The van der Waals surface area contributed by atoms with Gasteiger partial charge in [0.15, 0.2) is 0 Å². The molecule has 42 heavy (non-hydrogen) atoms. The molecular formula is C41H60O. The Kier molecular flexibility index (Phi) is 21.6. The van der Waals surface area contributed by atoms with Crippen LogP contribution < -0.4 is 0 Å². The molecule has 0 aromatic carbocycles. The Morgan fingerprint density at radius 1 is 0.643 bits per heavy atom. The van der Waals surface area contributed by atoms with Gasteiger partial charge < -0.3 is 4.74 Å². The lowest BCUT2D eigenvalue weighted by Crippen LogP contribution is -2.20. The molecule has 0 amide bonds. The van der Waals surface area contributed by atoms with E-state index in [4.69, 9.17) is 4.74 Å². The van der Waals surface area contributed by atoms with Crippen LogP contribution in [0.15, 0.2) is 143 Å². The van der Waals surface area contributed by atoms with Gasteiger partial charge in [-0.05, 0) is 93.9 Å². The molecule has 0 bridgehead atoms. The summed E-state index contributed by atoms with van der Waals surface area (Å²) in [5, 5.41) is 0. The zero-order valence-electron chi connectivity index (χ0n) is 28.7. The first-order chi connectivity index (χ1) is 19.8. The van der Waals surface area contributed by atoms with Crippen molar-refractivity contribution in [1.29, 1.82) is 0 Å². The maximum absolute atomic E-state index is 5.45. The van der Waals surface area contributed by atoms with E-state index < -0.39 is 0 Å². The van der Waals surface area contributed by atoms with Gasteiger partial charge in [0.1, 0.15) is 0 Å². The normalized spacial score (nSPS) is 16.0. The lowest BCUT2D eigenvalue weighted by molar-refractivity contribution is 0.0255. The smallest absolute Gasteiger partial charge is 0.0657 e. The van der Waals surface area contributed by atoms with E-state index >= 15 is 0 Å². The molecule has 0 fully saturated rings. The van der Waals surface area contributed by atoms with Gasteiger partial charge >= 0.3 is 0 Å². The summed E-state index contributed by atoms with van der Waals surface area (Å²) in [7, 11) is 1.76. The number of allylic oxidation sites excluding steroid dienone is 23. The van der Waals surface area contributed by atoms with Gasteiger partial charge in [0.25, 0.3) is 0 Å². The zero-order chi connectivity index (χ0) is 31.8. The van der Waals surface area contributed by atoms with Crippen LogP contribution in [-0.4, -0.2) is 12.7 Å². The molecule has 0 rings (SSSR count). The van der Waals surface area contributed by atoms with Crippen molar-refractivity contribution in [2.24, 2.45) is 5.92 Å². The average molecular weight is 569 g/mol. The van der Waals surface area contributed by atoms with Crippen LogP contribution in [0, 0.1) is 5.92 Å². The van der Waals surface area contributed by atoms with Crippen molar-refractivity contribution < 1.29 is 4.74 Å². The fourth-order valence-electron chi connectivity index (χ4n) is 3.53. The largest absolute Gasteiger partial charge is 0.378 e. The van der Waals surface area contributed by atoms with Crippen LogP contribution in [0.1, 0.15) is 94.9 Å². The van der Waals surface area contributed by atoms with Gasteiger partial charge in [-0.3, -0.25) is 0 Å². The summed E-state index contributed by atoms with van der Waals surface area (Å²) in [6.45, 7) is 21.5. The second-order valence-electron chi connectivity index (χ2n) is 12.1. The van der Waals surface area contributed by atoms with Crippen molar-refractivity contribution >= 4 is 0 Å². The van der Waals surface area contributed by atoms with Gasteiger partial charge in [0.05, 0.1) is 5.60 Å². The van der Waals surface area contributed by atoms with Crippen LogP contribution in [-0.2, 0) is 4.74 Å². The maximum atomic E-state index is 5.45. The molecule has 0 aliphatic carbocycles. The van der Waals surface area contributed by atoms with E-state index in [1.807, 2.05) is 0 Å². The van der Waals surface area contributed by atoms with Crippen LogP contribution >= 0.6 is 0 Å². The van der Waals surface area contributed by atoms with Crippen LogP contribution in [0.25, 0.3) is 0 Å². The number of hydrogen-bond donors (Lipinski definition) is 0. The first kappa shape index (κ1) is 38.8. The molecule has 0 saturated heterocycles. The predicted molar refractivity (Wildman–Crippen MR) is 192 cm³/mol. The molecule has 0 N–H and O–H groups in total. The third-order valence-corrected chi connectivity index (χ3v) is 6.63. The van der Waals surface area contributed by atoms with E-state index in [0.717, 1.165) is 25.7 Å². The lowest BCUT2D eigenvalue weighted by atomic mass is 10.0. The van der Waals surface area contributed by atoms with Crippen LogP contribution in [0.4, 0.5) is 0 Å². The fourth-order valence-corrected chi connectivity index (χ4v) is 3.53. The van der Waals surface area contributed by atoms with E-state index in [-0.39, 0.29) is 5.60 Å². The maximum Gasteiger partial charge on any atom is 0.0657 e. The summed E-state index contributed by atoms with van der Waals surface area (Å²) in [6, 6.07) is 0. The molecule has 0 heterocycles. The number of methoxy groups -OCH3 is 1. The van der Waals surface area contributed by atoms with Gasteiger partial charge in [-0.25, -0.2) is 0 Å². The van der Waals surface area contributed by atoms with E-state index in [1.54, 1.807) is 7.11 Å². The van der Waals surface area contributed by atoms with Crippen molar-refractivity contribution in [2.75, 3.05) is 7.11 Å². The van der Waals surface area contributed by atoms with Crippen molar-refractivity contribution in [1.82, 2.24) is 0 Å². The van der Waals surface area contributed by atoms with Gasteiger partial charge in [0.2, 0.25) is 0 Å². The molecule has 0 saturated carbocycles. The third kappa shape index (κ3) is 24.6. The molecule has 230 valence electrons. The topological polar surface area (TPSA) is 9.23 Å². The molecule has 1 nitrogen and oxygen atoms in total. The Morgan fingerprint density at radius 2 is 1.21 bits per heavy atom. The summed E-state index contributed by atoms with van der Waals surface area (Å²) in [6.07, 6.45) is 43.2. The second-order valence-corrected chi connectivity index (χ2v) is 12.1.